The first kappa shape index (κ1) is 10.5. The molecule has 13 heavy (non-hydrogen) atoms. The molecule has 0 aliphatic heterocycles. The predicted octanol–water partition coefficient (Wildman–Crippen LogP) is 1.31. The fraction of sp³-hybridized carbons (Fsp3) is 0.900. The van der Waals surface area contributed by atoms with Gasteiger partial charge in [0, 0.05) is 5.54 Å². The summed E-state index contributed by atoms with van der Waals surface area (Å²) in [5.41, 5.74) is 5.88. The average Bonchev–Trinajstić information content (AvgIpc) is 2.85. The maximum absolute atomic E-state index is 11.2. The van der Waals surface area contributed by atoms with Gasteiger partial charge in [0.05, 0.1) is 13.5 Å². The Morgan fingerprint density at radius 3 is 2.46 bits per heavy atom. The minimum Gasteiger partial charge on any atom is -0.469 e. The summed E-state index contributed by atoms with van der Waals surface area (Å²) in [4.78, 5) is 11.2. The molecule has 0 heterocycles. The lowest BCUT2D eigenvalue weighted by Crippen LogP contribution is -2.49. The predicted molar refractivity (Wildman–Crippen MR) is 51.1 cm³/mol. The fourth-order valence-corrected chi connectivity index (χ4v) is 1.76. The van der Waals surface area contributed by atoms with Crippen molar-refractivity contribution >= 4 is 5.97 Å². The quantitative estimate of drug-likeness (QED) is 0.672. The summed E-state index contributed by atoms with van der Waals surface area (Å²) in [5, 5.41) is 0. The summed E-state index contributed by atoms with van der Waals surface area (Å²) in [6.45, 7) is 4.14. The molecule has 0 radical (unpaired) electrons. The number of nitrogens with two attached hydrogens (primary N) is 1. The van der Waals surface area contributed by atoms with Crippen LogP contribution in [0.2, 0.25) is 0 Å². The van der Waals surface area contributed by atoms with E-state index in [2.05, 4.69) is 18.6 Å². The molecule has 0 bridgehead atoms. The maximum atomic E-state index is 11.2. The van der Waals surface area contributed by atoms with E-state index in [1.807, 2.05) is 0 Å². The minimum atomic E-state index is -0.340. The molecule has 0 saturated heterocycles. The molecule has 0 spiro atoms. The molecule has 0 aromatic carbocycles. The van der Waals surface area contributed by atoms with Gasteiger partial charge >= 0.3 is 5.97 Å². The number of ether oxygens (including phenoxy) is 1. The van der Waals surface area contributed by atoms with E-state index in [0.29, 0.717) is 18.3 Å². The van der Waals surface area contributed by atoms with Gasteiger partial charge in [0.2, 0.25) is 0 Å². The fourth-order valence-electron chi connectivity index (χ4n) is 1.76. The van der Waals surface area contributed by atoms with E-state index >= 15 is 0 Å². The lowest BCUT2D eigenvalue weighted by Gasteiger charge is -2.32. The first-order chi connectivity index (χ1) is 6.00. The van der Waals surface area contributed by atoms with Gasteiger partial charge in [-0.3, -0.25) is 4.79 Å². The molecule has 0 aromatic rings. The van der Waals surface area contributed by atoms with Crippen LogP contribution in [0, 0.1) is 11.8 Å². The van der Waals surface area contributed by atoms with Crippen molar-refractivity contribution in [3.63, 3.8) is 0 Å². The second-order valence-corrected chi connectivity index (χ2v) is 4.29. The number of carbonyl (C=O) groups is 1. The third kappa shape index (κ3) is 2.21. The van der Waals surface area contributed by atoms with Crippen LogP contribution in [0.4, 0.5) is 0 Å². The SMILES string of the molecule is COC(=O)CC(N)(C(C)C)C1CC1. The summed E-state index contributed by atoms with van der Waals surface area (Å²) in [5.74, 6) is 0.661. The Morgan fingerprint density at radius 1 is 1.62 bits per heavy atom. The van der Waals surface area contributed by atoms with Crippen molar-refractivity contribution in [3.8, 4) is 0 Å². The second-order valence-electron chi connectivity index (χ2n) is 4.29. The molecular formula is C10H19NO2. The van der Waals surface area contributed by atoms with Crippen molar-refractivity contribution < 1.29 is 9.53 Å². The van der Waals surface area contributed by atoms with Gasteiger partial charge in [-0.25, -0.2) is 0 Å². The highest BCUT2D eigenvalue weighted by atomic mass is 16.5. The molecule has 76 valence electrons. The normalized spacial score (nSPS) is 21.3. The second kappa shape index (κ2) is 3.66. The first-order valence-electron chi connectivity index (χ1n) is 4.86. The highest BCUT2D eigenvalue weighted by Crippen LogP contribution is 2.43. The summed E-state index contributed by atoms with van der Waals surface area (Å²) in [6, 6.07) is 0. The molecule has 1 fully saturated rings. The van der Waals surface area contributed by atoms with Crippen LogP contribution >= 0.6 is 0 Å². The highest BCUT2D eigenvalue weighted by molar-refractivity contribution is 5.71. The van der Waals surface area contributed by atoms with Gasteiger partial charge in [0.1, 0.15) is 0 Å². The third-order valence-corrected chi connectivity index (χ3v) is 3.09. The molecule has 1 aliphatic carbocycles. The largest absolute Gasteiger partial charge is 0.469 e. The van der Waals surface area contributed by atoms with Crippen molar-refractivity contribution in [3.05, 3.63) is 0 Å². The smallest absolute Gasteiger partial charge is 0.307 e. The topological polar surface area (TPSA) is 52.3 Å². The summed E-state index contributed by atoms with van der Waals surface area (Å²) in [6.07, 6.45) is 2.67. The number of hydrogen-bond acceptors (Lipinski definition) is 3. The molecular weight excluding hydrogens is 166 g/mol. The first-order valence-corrected chi connectivity index (χ1v) is 4.86. The van der Waals surface area contributed by atoms with Crippen LogP contribution < -0.4 is 5.73 Å². The van der Waals surface area contributed by atoms with Crippen LogP contribution in [0.25, 0.3) is 0 Å². The number of carbonyl (C=O) groups excluding carboxylic acids is 1. The number of methoxy groups -OCH3 is 1. The maximum Gasteiger partial charge on any atom is 0.307 e. The van der Waals surface area contributed by atoms with E-state index in [0.717, 1.165) is 12.8 Å². The van der Waals surface area contributed by atoms with Crippen molar-refractivity contribution in [2.75, 3.05) is 7.11 Å². The molecule has 3 heteroatoms. The number of hydrogen-bond donors (Lipinski definition) is 1. The Bertz CT molecular complexity index is 195. The molecule has 1 rings (SSSR count). The van der Waals surface area contributed by atoms with Crippen LogP contribution in [0.1, 0.15) is 33.1 Å². The van der Waals surface area contributed by atoms with E-state index in [-0.39, 0.29) is 11.5 Å². The molecule has 1 atom stereocenters. The Balaban J connectivity index is 2.61. The molecule has 3 nitrogen and oxygen atoms in total. The van der Waals surface area contributed by atoms with Crippen LogP contribution in [-0.4, -0.2) is 18.6 Å². The molecule has 0 aromatic heterocycles. The van der Waals surface area contributed by atoms with Gasteiger partial charge in [-0.15, -0.1) is 0 Å². The van der Waals surface area contributed by atoms with E-state index in [1.165, 1.54) is 7.11 Å². The van der Waals surface area contributed by atoms with Crippen molar-refractivity contribution in [1.29, 1.82) is 0 Å². The van der Waals surface area contributed by atoms with Gasteiger partial charge in [-0.1, -0.05) is 13.8 Å². The lowest BCUT2D eigenvalue weighted by atomic mass is 9.80. The third-order valence-electron chi connectivity index (χ3n) is 3.09. The number of esters is 1. The molecule has 1 aliphatic rings. The summed E-state index contributed by atoms with van der Waals surface area (Å²) >= 11 is 0. The van der Waals surface area contributed by atoms with Crippen molar-refractivity contribution in [1.82, 2.24) is 0 Å². The van der Waals surface area contributed by atoms with Crippen LogP contribution in [0.3, 0.4) is 0 Å². The van der Waals surface area contributed by atoms with Crippen LogP contribution in [-0.2, 0) is 9.53 Å². The average molecular weight is 185 g/mol. The molecule has 0 amide bonds. The van der Waals surface area contributed by atoms with Crippen molar-refractivity contribution in [2.45, 2.75) is 38.6 Å². The Kier molecular flexibility index (Phi) is 2.96. The van der Waals surface area contributed by atoms with Gasteiger partial charge in [0.25, 0.3) is 0 Å². The van der Waals surface area contributed by atoms with Gasteiger partial charge < -0.3 is 10.5 Å². The molecule has 1 unspecified atom stereocenters. The summed E-state index contributed by atoms with van der Waals surface area (Å²) < 4.78 is 4.66. The Morgan fingerprint density at radius 2 is 2.15 bits per heavy atom. The zero-order valence-corrected chi connectivity index (χ0v) is 8.67. The van der Waals surface area contributed by atoms with Crippen molar-refractivity contribution in [2.24, 2.45) is 17.6 Å². The van der Waals surface area contributed by atoms with Gasteiger partial charge in [-0.05, 0) is 24.7 Å². The Labute approximate surface area is 79.6 Å². The molecule has 2 N–H and O–H groups in total. The number of rotatable bonds is 4. The lowest BCUT2D eigenvalue weighted by molar-refractivity contribution is -0.142. The zero-order chi connectivity index (χ0) is 10.1. The van der Waals surface area contributed by atoms with E-state index < -0.39 is 0 Å². The summed E-state index contributed by atoms with van der Waals surface area (Å²) in [7, 11) is 1.41. The van der Waals surface area contributed by atoms with E-state index in [9.17, 15) is 4.79 Å². The zero-order valence-electron chi connectivity index (χ0n) is 8.67. The van der Waals surface area contributed by atoms with Gasteiger partial charge in [0.15, 0.2) is 0 Å². The Hall–Kier alpha value is -0.570. The standard InChI is InChI=1S/C10H19NO2/c1-7(2)10(11,8-4-5-8)6-9(12)13-3/h7-8H,4-6,11H2,1-3H3. The van der Waals surface area contributed by atoms with Gasteiger partial charge in [-0.2, -0.15) is 0 Å². The highest BCUT2D eigenvalue weighted by Gasteiger charge is 2.45. The van der Waals surface area contributed by atoms with Crippen LogP contribution in [0.5, 0.6) is 0 Å². The molecule has 1 saturated carbocycles. The van der Waals surface area contributed by atoms with E-state index in [1.54, 1.807) is 0 Å². The van der Waals surface area contributed by atoms with Crippen LogP contribution in [0.15, 0.2) is 0 Å². The monoisotopic (exact) mass is 185 g/mol. The van der Waals surface area contributed by atoms with E-state index in [4.69, 9.17) is 5.73 Å². The minimum absolute atomic E-state index is 0.192.